The summed E-state index contributed by atoms with van der Waals surface area (Å²) < 4.78 is 1.88. The van der Waals surface area contributed by atoms with Crippen LogP contribution in [-0.4, -0.2) is 22.9 Å². The molecule has 1 heterocycles. The van der Waals surface area contributed by atoms with Gasteiger partial charge in [0.05, 0.1) is 11.4 Å². The molecule has 27 heavy (non-hydrogen) atoms. The summed E-state index contributed by atoms with van der Waals surface area (Å²) in [5.74, 6) is -0.365. The van der Waals surface area contributed by atoms with Gasteiger partial charge in [0.25, 0.3) is 5.91 Å². The van der Waals surface area contributed by atoms with Crippen molar-refractivity contribution in [3.05, 3.63) is 83.1 Å². The van der Waals surface area contributed by atoms with E-state index >= 15 is 0 Å². The Balaban J connectivity index is 1.59. The summed E-state index contributed by atoms with van der Waals surface area (Å²) in [5.41, 5.74) is 2.96. The van der Waals surface area contributed by atoms with Gasteiger partial charge in [0, 0.05) is 35.9 Å². The lowest BCUT2D eigenvalue weighted by atomic mass is 10.1. The minimum Gasteiger partial charge on any atom is -0.352 e. The van der Waals surface area contributed by atoms with Crippen molar-refractivity contribution >= 4 is 29.1 Å². The van der Waals surface area contributed by atoms with E-state index in [1.807, 2.05) is 54.2 Å². The predicted molar refractivity (Wildman–Crippen MR) is 108 cm³/mol. The van der Waals surface area contributed by atoms with Gasteiger partial charge in [0.1, 0.15) is 0 Å². The largest absolute Gasteiger partial charge is 0.352 e. The average molecular weight is 382 g/mol. The highest BCUT2D eigenvalue weighted by Crippen LogP contribution is 2.24. The molecule has 0 saturated carbocycles. The minimum absolute atomic E-state index is 0.172. The normalized spacial score (nSPS) is 10.4. The molecule has 0 saturated heterocycles. The van der Waals surface area contributed by atoms with Crippen LogP contribution in [0.15, 0.2) is 67.0 Å². The molecule has 0 aliphatic rings. The van der Waals surface area contributed by atoms with E-state index in [0.717, 1.165) is 11.3 Å². The van der Waals surface area contributed by atoms with E-state index in [4.69, 9.17) is 11.6 Å². The lowest BCUT2D eigenvalue weighted by molar-refractivity contribution is -0.116. The molecule has 3 aromatic rings. The van der Waals surface area contributed by atoms with Crippen LogP contribution >= 0.6 is 11.6 Å². The summed E-state index contributed by atoms with van der Waals surface area (Å²) in [6.45, 7) is 2.14. The highest BCUT2D eigenvalue weighted by Gasteiger charge is 2.11. The van der Waals surface area contributed by atoms with Crippen molar-refractivity contribution in [1.29, 1.82) is 0 Å². The number of hydrogen-bond acceptors (Lipinski definition) is 2. The topological polar surface area (TPSA) is 63.1 Å². The minimum atomic E-state index is -0.184. The molecule has 3 rings (SSSR count). The maximum atomic E-state index is 12.3. The fourth-order valence-corrected chi connectivity index (χ4v) is 2.91. The van der Waals surface area contributed by atoms with Gasteiger partial charge in [-0.05, 0) is 48.9 Å². The molecule has 6 heteroatoms. The second-order valence-electron chi connectivity index (χ2n) is 6.12. The maximum Gasteiger partial charge on any atom is 0.251 e. The van der Waals surface area contributed by atoms with Crippen LogP contribution in [0.4, 0.5) is 5.69 Å². The summed E-state index contributed by atoms with van der Waals surface area (Å²) in [6, 6.07) is 16.4. The van der Waals surface area contributed by atoms with Gasteiger partial charge in [-0.2, -0.15) is 0 Å². The Hall–Kier alpha value is -3.05. The highest BCUT2D eigenvalue weighted by molar-refractivity contribution is 6.31. The molecule has 0 aliphatic heterocycles. The van der Waals surface area contributed by atoms with Crippen molar-refractivity contribution in [1.82, 2.24) is 9.88 Å². The van der Waals surface area contributed by atoms with Gasteiger partial charge in [0.2, 0.25) is 5.91 Å². The van der Waals surface area contributed by atoms with E-state index in [0.29, 0.717) is 16.3 Å². The number of nitrogens with one attached hydrogen (secondary N) is 2. The number of carbonyl (C=O) groups is 2. The predicted octanol–water partition coefficient (Wildman–Crippen LogP) is 4.20. The Morgan fingerprint density at radius 3 is 2.52 bits per heavy atom. The van der Waals surface area contributed by atoms with E-state index in [1.54, 1.807) is 24.3 Å². The summed E-state index contributed by atoms with van der Waals surface area (Å²) >= 11 is 6.09. The van der Waals surface area contributed by atoms with Crippen molar-refractivity contribution < 1.29 is 9.59 Å². The molecule has 2 amide bonds. The fraction of sp³-hybridized carbons (Fsp3) is 0.143. The summed E-state index contributed by atoms with van der Waals surface area (Å²) in [7, 11) is 0. The highest BCUT2D eigenvalue weighted by atomic mass is 35.5. The van der Waals surface area contributed by atoms with Crippen molar-refractivity contribution in [2.75, 3.05) is 11.9 Å². The lowest BCUT2D eigenvalue weighted by Gasteiger charge is -2.13. The molecule has 0 aliphatic carbocycles. The van der Waals surface area contributed by atoms with Gasteiger partial charge in [0.15, 0.2) is 0 Å². The number of amides is 2. The van der Waals surface area contributed by atoms with Crippen molar-refractivity contribution in [2.24, 2.45) is 0 Å². The number of aromatic nitrogens is 1. The zero-order valence-electron chi connectivity index (χ0n) is 14.9. The van der Waals surface area contributed by atoms with E-state index in [9.17, 15) is 9.59 Å². The molecular weight excluding hydrogens is 362 g/mol. The van der Waals surface area contributed by atoms with Crippen LogP contribution in [0.3, 0.4) is 0 Å². The standard InChI is InChI=1S/C21H20ClN3O2/c1-15-6-2-3-7-17(15)21(27)23-11-10-20(26)24-18-9-8-16(22)14-19(18)25-12-4-5-13-25/h2-9,12-14H,10-11H2,1H3,(H,23,27)(H,24,26). The van der Waals surface area contributed by atoms with Gasteiger partial charge >= 0.3 is 0 Å². The van der Waals surface area contributed by atoms with Gasteiger partial charge in [-0.3, -0.25) is 9.59 Å². The Kier molecular flexibility index (Phi) is 5.94. The van der Waals surface area contributed by atoms with E-state index in [2.05, 4.69) is 10.6 Å². The number of anilines is 1. The van der Waals surface area contributed by atoms with Crippen molar-refractivity contribution in [2.45, 2.75) is 13.3 Å². The summed E-state index contributed by atoms with van der Waals surface area (Å²) in [6.07, 6.45) is 3.93. The third-order valence-corrected chi connectivity index (χ3v) is 4.38. The molecule has 0 atom stereocenters. The van der Waals surface area contributed by atoms with Crippen molar-refractivity contribution in [3.63, 3.8) is 0 Å². The van der Waals surface area contributed by atoms with Gasteiger partial charge in [-0.25, -0.2) is 0 Å². The molecule has 2 N–H and O–H groups in total. The second-order valence-corrected chi connectivity index (χ2v) is 6.56. The molecule has 0 radical (unpaired) electrons. The zero-order chi connectivity index (χ0) is 19.2. The third-order valence-electron chi connectivity index (χ3n) is 4.14. The SMILES string of the molecule is Cc1ccccc1C(=O)NCCC(=O)Nc1ccc(Cl)cc1-n1cccc1. The number of aryl methyl sites for hydroxylation is 1. The van der Waals surface area contributed by atoms with Crippen LogP contribution in [0.1, 0.15) is 22.3 Å². The monoisotopic (exact) mass is 381 g/mol. The van der Waals surface area contributed by atoms with E-state index < -0.39 is 0 Å². The fourth-order valence-electron chi connectivity index (χ4n) is 2.74. The molecule has 0 fully saturated rings. The maximum absolute atomic E-state index is 12.3. The number of carbonyl (C=O) groups excluding carboxylic acids is 2. The molecule has 5 nitrogen and oxygen atoms in total. The Labute approximate surface area is 163 Å². The first-order valence-corrected chi connectivity index (χ1v) is 8.99. The van der Waals surface area contributed by atoms with Crippen LogP contribution in [0.5, 0.6) is 0 Å². The molecular formula is C21H20ClN3O2. The first-order valence-electron chi connectivity index (χ1n) is 8.61. The second kappa shape index (κ2) is 8.56. The van der Waals surface area contributed by atoms with E-state index in [-0.39, 0.29) is 24.8 Å². The number of hydrogen-bond donors (Lipinski definition) is 2. The average Bonchev–Trinajstić information content (AvgIpc) is 3.18. The van der Waals surface area contributed by atoms with Crippen LogP contribution in [0, 0.1) is 6.92 Å². The number of benzene rings is 2. The van der Waals surface area contributed by atoms with Gasteiger partial charge in [-0.1, -0.05) is 29.8 Å². The Morgan fingerprint density at radius 2 is 1.78 bits per heavy atom. The molecule has 138 valence electrons. The quantitative estimate of drug-likeness (QED) is 0.672. The van der Waals surface area contributed by atoms with Crippen LogP contribution < -0.4 is 10.6 Å². The number of nitrogens with zero attached hydrogens (tertiary/aromatic N) is 1. The first kappa shape index (κ1) is 18.7. The van der Waals surface area contributed by atoms with Gasteiger partial charge < -0.3 is 15.2 Å². The van der Waals surface area contributed by atoms with Crippen LogP contribution in [0.2, 0.25) is 5.02 Å². The summed E-state index contributed by atoms with van der Waals surface area (Å²) in [4.78, 5) is 24.5. The molecule has 0 bridgehead atoms. The number of rotatable bonds is 6. The summed E-state index contributed by atoms with van der Waals surface area (Å²) in [5, 5.41) is 6.25. The Bertz CT molecular complexity index is 952. The Morgan fingerprint density at radius 1 is 1.04 bits per heavy atom. The van der Waals surface area contributed by atoms with E-state index in [1.165, 1.54) is 0 Å². The molecule has 2 aromatic carbocycles. The molecule has 0 unspecified atom stereocenters. The van der Waals surface area contributed by atoms with Crippen LogP contribution in [0.25, 0.3) is 5.69 Å². The smallest absolute Gasteiger partial charge is 0.251 e. The van der Waals surface area contributed by atoms with Gasteiger partial charge in [-0.15, -0.1) is 0 Å². The molecule has 1 aromatic heterocycles. The lowest BCUT2D eigenvalue weighted by Crippen LogP contribution is -2.28. The first-order chi connectivity index (χ1) is 13.0. The molecule has 0 spiro atoms. The third kappa shape index (κ3) is 4.77. The van der Waals surface area contributed by atoms with Crippen LogP contribution in [-0.2, 0) is 4.79 Å². The van der Waals surface area contributed by atoms with Crippen molar-refractivity contribution in [3.8, 4) is 5.69 Å². The zero-order valence-corrected chi connectivity index (χ0v) is 15.7. The number of halogens is 1.